The molecule has 4 fully saturated rings. The van der Waals surface area contributed by atoms with Gasteiger partial charge in [0.15, 0.2) is 17.6 Å². The maximum absolute atomic E-state index is 13.2. The third-order valence-corrected chi connectivity index (χ3v) is 7.77. The summed E-state index contributed by atoms with van der Waals surface area (Å²) in [5, 5.41) is 53.6. The van der Waals surface area contributed by atoms with E-state index < -0.39 is 35.5 Å². The standard InChI is InChI=1S/C22H25N9O6/c23-19-28-17-12(7-30-15(33)4-5-16(30)34)26-20(24)31-8-13(22(36,37)21(17,31)29-19)27-18(35)9-2-1-3-11-10(9)6-14(32)25-11/h1-3,12-13,17,36-37H,4-8H2,(H2,24,26)(H,25,32)(H,27,35)(H3,23,28,29)/t12-,13-,17-,21-/m0/s1. The van der Waals surface area contributed by atoms with Crippen LogP contribution in [0.2, 0.25) is 0 Å². The van der Waals surface area contributed by atoms with E-state index in [1.807, 2.05) is 0 Å². The molecule has 37 heavy (non-hydrogen) atoms. The monoisotopic (exact) mass is 511 g/mol. The number of anilines is 1. The van der Waals surface area contributed by atoms with E-state index in [4.69, 9.17) is 10.8 Å². The van der Waals surface area contributed by atoms with Crippen molar-refractivity contribution in [1.82, 2.24) is 31.1 Å². The van der Waals surface area contributed by atoms with Crippen LogP contribution in [0, 0.1) is 10.8 Å². The highest BCUT2D eigenvalue weighted by Gasteiger charge is 2.74. The largest absolute Gasteiger partial charge is 0.361 e. The van der Waals surface area contributed by atoms with Crippen LogP contribution in [0.1, 0.15) is 28.8 Å². The fourth-order valence-electron chi connectivity index (χ4n) is 6.05. The number of nitrogens with one attached hydrogen (secondary N) is 7. The summed E-state index contributed by atoms with van der Waals surface area (Å²) in [6.45, 7) is -0.351. The Morgan fingerprint density at radius 3 is 2.59 bits per heavy atom. The van der Waals surface area contributed by atoms with E-state index in [-0.39, 0.29) is 67.6 Å². The topological polar surface area (TPSA) is 223 Å². The highest BCUT2D eigenvalue weighted by Crippen LogP contribution is 2.43. The zero-order chi connectivity index (χ0) is 26.3. The average Bonchev–Trinajstić information content (AvgIpc) is 3.54. The van der Waals surface area contributed by atoms with E-state index >= 15 is 0 Å². The van der Waals surface area contributed by atoms with Crippen molar-refractivity contribution in [2.45, 2.75) is 48.8 Å². The first-order valence-electron chi connectivity index (χ1n) is 11.8. The van der Waals surface area contributed by atoms with Gasteiger partial charge in [0.1, 0.15) is 6.04 Å². The molecular weight excluding hydrogens is 486 g/mol. The molecule has 0 radical (unpaired) electrons. The van der Waals surface area contributed by atoms with Gasteiger partial charge in [-0.1, -0.05) is 6.07 Å². The van der Waals surface area contributed by atoms with E-state index in [2.05, 4.69) is 26.6 Å². The quantitative estimate of drug-likeness (QED) is 0.143. The molecule has 4 saturated heterocycles. The van der Waals surface area contributed by atoms with Crippen LogP contribution in [0.25, 0.3) is 0 Å². The first-order valence-corrected chi connectivity index (χ1v) is 11.8. The second-order valence-corrected chi connectivity index (χ2v) is 9.81. The second-order valence-electron chi connectivity index (χ2n) is 9.81. The van der Waals surface area contributed by atoms with Gasteiger partial charge in [0.2, 0.25) is 23.5 Å². The van der Waals surface area contributed by atoms with Gasteiger partial charge >= 0.3 is 0 Å². The molecule has 1 aromatic rings. The molecule has 9 N–H and O–H groups in total. The Balaban J connectivity index is 1.31. The molecule has 5 aliphatic heterocycles. The summed E-state index contributed by atoms with van der Waals surface area (Å²) in [5.41, 5.74) is -0.658. The molecule has 0 aromatic heterocycles. The number of nitrogens with zero attached hydrogens (tertiary/aromatic N) is 2. The van der Waals surface area contributed by atoms with Crippen LogP contribution in [0.15, 0.2) is 18.2 Å². The van der Waals surface area contributed by atoms with Gasteiger partial charge in [0.25, 0.3) is 5.91 Å². The van der Waals surface area contributed by atoms with Crippen molar-refractivity contribution in [2.24, 2.45) is 0 Å². The third kappa shape index (κ3) is 3.13. The smallest absolute Gasteiger partial charge is 0.252 e. The number of carbonyl (C=O) groups excluding carboxylic acids is 4. The Bertz CT molecular complexity index is 1280. The SMILES string of the molecule is N=C1N[C@H]2[C@H](CN3C(=O)CCC3=O)NC(=N)N3C[C@H](NC(=O)c4cccc5c4CC(=O)N5)C(O)(O)[C@]23N1. The Labute approximate surface area is 209 Å². The number of carbonyl (C=O) groups is 4. The lowest BCUT2D eigenvalue weighted by atomic mass is 9.84. The molecule has 15 heteroatoms. The minimum atomic E-state index is -2.71. The minimum absolute atomic E-state index is 0.0119. The molecule has 6 rings (SSSR count). The second kappa shape index (κ2) is 7.63. The van der Waals surface area contributed by atoms with E-state index in [0.717, 1.165) is 4.90 Å². The van der Waals surface area contributed by atoms with Crippen molar-refractivity contribution >= 4 is 41.2 Å². The van der Waals surface area contributed by atoms with Crippen molar-refractivity contribution < 1.29 is 29.4 Å². The summed E-state index contributed by atoms with van der Waals surface area (Å²) in [6, 6.07) is 1.67. The van der Waals surface area contributed by atoms with E-state index in [1.165, 1.54) is 11.0 Å². The molecule has 4 atom stereocenters. The number of guanidine groups is 2. The molecule has 0 aliphatic carbocycles. The first kappa shape index (κ1) is 23.2. The third-order valence-electron chi connectivity index (χ3n) is 7.77. The van der Waals surface area contributed by atoms with Gasteiger partial charge in [-0.2, -0.15) is 0 Å². The number of likely N-dealkylation sites (tertiary alicyclic amines) is 1. The number of amides is 4. The number of benzene rings is 1. The van der Waals surface area contributed by atoms with Crippen LogP contribution in [0.5, 0.6) is 0 Å². The highest BCUT2D eigenvalue weighted by molar-refractivity contribution is 6.06. The Morgan fingerprint density at radius 1 is 1.14 bits per heavy atom. The fourth-order valence-corrected chi connectivity index (χ4v) is 6.05. The maximum Gasteiger partial charge on any atom is 0.252 e. The summed E-state index contributed by atoms with van der Waals surface area (Å²) in [5.74, 6) is -4.81. The first-order chi connectivity index (χ1) is 17.5. The molecule has 194 valence electrons. The maximum atomic E-state index is 13.2. The van der Waals surface area contributed by atoms with Crippen LogP contribution in [0.4, 0.5) is 5.69 Å². The molecular formula is C22H25N9O6. The van der Waals surface area contributed by atoms with Crippen molar-refractivity contribution in [3.63, 3.8) is 0 Å². The van der Waals surface area contributed by atoms with Crippen molar-refractivity contribution in [3.8, 4) is 0 Å². The molecule has 4 amide bonds. The van der Waals surface area contributed by atoms with Crippen LogP contribution in [-0.4, -0.2) is 98.2 Å². The highest BCUT2D eigenvalue weighted by atomic mass is 16.5. The number of imide groups is 1. The van der Waals surface area contributed by atoms with E-state index in [0.29, 0.717) is 11.3 Å². The van der Waals surface area contributed by atoms with Gasteiger partial charge in [0.05, 0.1) is 25.0 Å². The van der Waals surface area contributed by atoms with Gasteiger partial charge < -0.3 is 41.7 Å². The minimum Gasteiger partial charge on any atom is -0.361 e. The van der Waals surface area contributed by atoms with Gasteiger partial charge in [-0.3, -0.25) is 34.9 Å². The van der Waals surface area contributed by atoms with Gasteiger partial charge in [-0.05, 0) is 17.7 Å². The Hall–Kier alpha value is -4.24. The Morgan fingerprint density at radius 2 is 1.86 bits per heavy atom. The normalized spacial score (nSPS) is 31.3. The molecule has 5 heterocycles. The summed E-state index contributed by atoms with van der Waals surface area (Å²) in [7, 11) is 0. The summed E-state index contributed by atoms with van der Waals surface area (Å²) in [4.78, 5) is 51.9. The van der Waals surface area contributed by atoms with Crippen LogP contribution in [0.3, 0.4) is 0 Å². The molecule has 0 unspecified atom stereocenters. The lowest BCUT2D eigenvalue weighted by Crippen LogP contribution is -2.81. The summed E-state index contributed by atoms with van der Waals surface area (Å²) >= 11 is 0. The number of rotatable bonds is 4. The van der Waals surface area contributed by atoms with Crippen molar-refractivity contribution in [1.29, 1.82) is 10.8 Å². The zero-order valence-electron chi connectivity index (χ0n) is 19.4. The van der Waals surface area contributed by atoms with Gasteiger partial charge in [0, 0.05) is 30.6 Å². The lowest BCUT2D eigenvalue weighted by Gasteiger charge is -2.51. The fraction of sp³-hybridized carbons (Fsp3) is 0.455. The van der Waals surface area contributed by atoms with Crippen molar-refractivity contribution in [2.75, 3.05) is 18.4 Å². The predicted molar refractivity (Wildman–Crippen MR) is 125 cm³/mol. The van der Waals surface area contributed by atoms with Crippen LogP contribution < -0.4 is 26.6 Å². The zero-order valence-corrected chi connectivity index (χ0v) is 19.4. The predicted octanol–water partition coefficient (Wildman–Crippen LogP) is -3.48. The Kier molecular flexibility index (Phi) is 4.78. The number of fused-ring (bicyclic) bond motifs is 1. The van der Waals surface area contributed by atoms with Gasteiger partial charge in [-0.15, -0.1) is 0 Å². The number of hydrogen-bond donors (Lipinski definition) is 9. The molecule has 5 aliphatic rings. The van der Waals surface area contributed by atoms with Crippen LogP contribution in [-0.2, 0) is 20.8 Å². The van der Waals surface area contributed by atoms with Crippen molar-refractivity contribution in [3.05, 3.63) is 29.3 Å². The average molecular weight is 511 g/mol. The molecule has 15 nitrogen and oxygen atoms in total. The lowest BCUT2D eigenvalue weighted by molar-refractivity contribution is -0.232. The molecule has 0 bridgehead atoms. The molecule has 1 spiro atoms. The molecule has 1 aromatic carbocycles. The number of hydrogen-bond acceptors (Lipinski definition) is 8. The van der Waals surface area contributed by atoms with Gasteiger partial charge in [-0.25, -0.2) is 0 Å². The van der Waals surface area contributed by atoms with E-state index in [9.17, 15) is 29.4 Å². The molecule has 0 saturated carbocycles. The summed E-state index contributed by atoms with van der Waals surface area (Å²) < 4.78 is 0. The van der Waals surface area contributed by atoms with Crippen LogP contribution >= 0.6 is 0 Å². The number of aliphatic hydroxyl groups is 2. The van der Waals surface area contributed by atoms with E-state index in [1.54, 1.807) is 12.1 Å². The summed E-state index contributed by atoms with van der Waals surface area (Å²) in [6.07, 6.45) is 0.168.